The lowest BCUT2D eigenvalue weighted by molar-refractivity contribution is 0.00682. The molecule has 4 rings (SSSR count). The van der Waals surface area contributed by atoms with Crippen molar-refractivity contribution >= 4 is 35.3 Å². The molecule has 2 fully saturated rings. The number of carbonyl (C=O) groups is 1. The fourth-order valence-corrected chi connectivity index (χ4v) is 4.43. The first-order valence-corrected chi connectivity index (χ1v) is 10.7. The molecule has 1 amide bonds. The Morgan fingerprint density at radius 2 is 1.90 bits per heavy atom. The maximum atomic E-state index is 12.6. The van der Waals surface area contributed by atoms with E-state index >= 15 is 0 Å². The lowest BCUT2D eigenvalue weighted by atomic mass is 9.98. The Morgan fingerprint density at radius 3 is 2.50 bits per heavy atom. The summed E-state index contributed by atoms with van der Waals surface area (Å²) in [4.78, 5) is 23.4. The van der Waals surface area contributed by atoms with Gasteiger partial charge in [0.25, 0.3) is 0 Å². The fraction of sp³-hybridized carbons (Fsp3) is 0.600. The van der Waals surface area contributed by atoms with E-state index in [-0.39, 0.29) is 24.2 Å². The average Bonchev–Trinajstić information content (AvgIpc) is 3.13. The summed E-state index contributed by atoms with van der Waals surface area (Å²) in [6.45, 7) is 7.62. The second-order valence-corrected chi connectivity index (χ2v) is 9.43. The lowest BCUT2D eigenvalue weighted by Crippen LogP contribution is -2.51. The Hall–Kier alpha value is -2.55. The molecular formula is C20H28ClN7O2. The van der Waals surface area contributed by atoms with Gasteiger partial charge in [0, 0.05) is 36.0 Å². The molecule has 9 nitrogen and oxygen atoms in total. The van der Waals surface area contributed by atoms with Crippen LogP contribution in [0.1, 0.15) is 52.1 Å². The van der Waals surface area contributed by atoms with Gasteiger partial charge in [0.2, 0.25) is 5.95 Å². The number of anilines is 3. The molecule has 0 radical (unpaired) electrons. The number of aromatic amines is 1. The highest BCUT2D eigenvalue weighted by Gasteiger charge is 2.45. The molecule has 2 aliphatic rings. The smallest absolute Gasteiger partial charge is 0.410 e. The number of H-pyrrole nitrogens is 1. The van der Waals surface area contributed by atoms with Crippen LogP contribution in [-0.2, 0) is 4.74 Å². The van der Waals surface area contributed by atoms with Gasteiger partial charge >= 0.3 is 6.09 Å². The number of piperidine rings is 1. The molecule has 2 aromatic rings. The van der Waals surface area contributed by atoms with Crippen LogP contribution in [0.2, 0.25) is 5.15 Å². The second-order valence-electron chi connectivity index (χ2n) is 9.05. The van der Waals surface area contributed by atoms with E-state index in [4.69, 9.17) is 16.3 Å². The fourth-order valence-electron chi connectivity index (χ4n) is 4.25. The van der Waals surface area contributed by atoms with Crippen LogP contribution in [0.15, 0.2) is 12.1 Å². The highest BCUT2D eigenvalue weighted by atomic mass is 35.5. The highest BCUT2D eigenvalue weighted by molar-refractivity contribution is 6.29. The van der Waals surface area contributed by atoms with Crippen molar-refractivity contribution in [1.29, 1.82) is 0 Å². The summed E-state index contributed by atoms with van der Waals surface area (Å²) in [5, 5.41) is 13.9. The lowest BCUT2D eigenvalue weighted by Gasteiger charge is -2.39. The van der Waals surface area contributed by atoms with Crippen LogP contribution in [0.4, 0.5) is 22.4 Å². The minimum Gasteiger partial charge on any atom is -0.444 e. The van der Waals surface area contributed by atoms with Crippen molar-refractivity contribution in [2.75, 3.05) is 10.6 Å². The number of hydrogen-bond donors (Lipinski definition) is 3. The number of carbonyl (C=O) groups excluding carboxylic acids is 1. The third kappa shape index (κ3) is 4.77. The van der Waals surface area contributed by atoms with E-state index in [1.807, 2.05) is 38.7 Å². The van der Waals surface area contributed by atoms with Crippen molar-refractivity contribution in [3.63, 3.8) is 0 Å². The summed E-state index contributed by atoms with van der Waals surface area (Å²) in [5.74, 6) is 1.70. The van der Waals surface area contributed by atoms with Gasteiger partial charge in [-0.05, 0) is 53.4 Å². The number of nitrogens with zero attached hydrogens (tertiary/aromatic N) is 4. The predicted octanol–water partition coefficient (Wildman–Crippen LogP) is 4.25. The molecule has 2 aromatic heterocycles. The molecule has 4 heterocycles. The molecule has 3 N–H and O–H groups in total. The van der Waals surface area contributed by atoms with Gasteiger partial charge in [0.1, 0.15) is 16.6 Å². The van der Waals surface area contributed by atoms with Gasteiger partial charge in [-0.15, -0.1) is 0 Å². The van der Waals surface area contributed by atoms with Crippen LogP contribution in [0, 0.1) is 6.92 Å². The van der Waals surface area contributed by atoms with E-state index in [9.17, 15) is 4.79 Å². The van der Waals surface area contributed by atoms with E-state index < -0.39 is 5.60 Å². The van der Waals surface area contributed by atoms with Crippen molar-refractivity contribution in [1.82, 2.24) is 25.1 Å². The minimum atomic E-state index is -0.490. The van der Waals surface area contributed by atoms with Crippen molar-refractivity contribution in [2.24, 2.45) is 0 Å². The van der Waals surface area contributed by atoms with Crippen molar-refractivity contribution in [2.45, 2.75) is 77.1 Å². The van der Waals surface area contributed by atoms with E-state index in [0.29, 0.717) is 22.7 Å². The monoisotopic (exact) mass is 433 g/mol. The third-order valence-corrected chi connectivity index (χ3v) is 5.52. The molecule has 162 valence electrons. The Balaban J connectivity index is 1.42. The Kier molecular flexibility index (Phi) is 5.48. The van der Waals surface area contributed by atoms with Gasteiger partial charge in [-0.3, -0.25) is 5.10 Å². The van der Waals surface area contributed by atoms with Crippen LogP contribution < -0.4 is 10.6 Å². The predicted molar refractivity (Wildman–Crippen MR) is 115 cm³/mol. The van der Waals surface area contributed by atoms with Crippen molar-refractivity contribution in [3.05, 3.63) is 23.0 Å². The van der Waals surface area contributed by atoms with Crippen LogP contribution in [0.5, 0.6) is 0 Å². The van der Waals surface area contributed by atoms with Gasteiger partial charge < -0.3 is 20.3 Å². The number of amides is 1. The summed E-state index contributed by atoms with van der Waals surface area (Å²) in [6, 6.07) is 4.04. The first-order chi connectivity index (χ1) is 14.2. The molecule has 1 unspecified atom stereocenters. The SMILES string of the molecule is Cc1cc(Nc2cc(Cl)nc(NC3C[C@H]4CC[C@@H](C3)N4C(=O)OC(C)(C)C)n2)n[nH]1. The minimum absolute atomic E-state index is 0.167. The zero-order valence-electron chi connectivity index (χ0n) is 17.7. The number of halogens is 1. The highest BCUT2D eigenvalue weighted by Crippen LogP contribution is 2.37. The molecule has 2 saturated heterocycles. The zero-order chi connectivity index (χ0) is 21.5. The standard InChI is InChI=1S/C20H28ClN7O2/c1-11-7-17(27-26-11)24-16-10-15(21)23-18(25-16)22-12-8-13-5-6-14(9-12)28(13)19(29)30-20(2,3)4/h7,10,12-14H,5-6,8-9H2,1-4H3,(H3,22,23,24,25,26,27)/t12?,13-,14+. The van der Waals surface area contributed by atoms with Gasteiger partial charge in [0.15, 0.2) is 5.82 Å². The molecule has 2 aliphatic heterocycles. The molecular weight excluding hydrogens is 406 g/mol. The Labute approximate surface area is 180 Å². The first kappa shape index (κ1) is 20.7. The molecule has 0 aliphatic carbocycles. The van der Waals surface area contributed by atoms with E-state index in [2.05, 4.69) is 30.8 Å². The number of nitrogens with one attached hydrogen (secondary N) is 3. The topological polar surface area (TPSA) is 108 Å². The van der Waals surface area contributed by atoms with Crippen LogP contribution in [0.3, 0.4) is 0 Å². The molecule has 3 atom stereocenters. The normalized spacial score (nSPS) is 23.4. The molecule has 2 bridgehead atoms. The summed E-state index contributed by atoms with van der Waals surface area (Å²) in [7, 11) is 0. The third-order valence-electron chi connectivity index (χ3n) is 5.33. The number of hydrogen-bond acceptors (Lipinski definition) is 7. The van der Waals surface area contributed by atoms with E-state index in [0.717, 1.165) is 31.4 Å². The summed E-state index contributed by atoms with van der Waals surface area (Å²) in [5.41, 5.74) is 0.458. The van der Waals surface area contributed by atoms with Gasteiger partial charge in [0.05, 0.1) is 0 Å². The van der Waals surface area contributed by atoms with Crippen LogP contribution in [0.25, 0.3) is 0 Å². The largest absolute Gasteiger partial charge is 0.444 e. The van der Waals surface area contributed by atoms with Gasteiger partial charge in [-0.2, -0.15) is 10.1 Å². The summed E-state index contributed by atoms with van der Waals surface area (Å²) >= 11 is 6.21. The number of aryl methyl sites for hydroxylation is 1. The van der Waals surface area contributed by atoms with Crippen molar-refractivity contribution in [3.8, 4) is 0 Å². The summed E-state index contributed by atoms with van der Waals surface area (Å²) in [6.07, 6.45) is 3.42. The molecule has 0 aromatic carbocycles. The second kappa shape index (κ2) is 7.94. The maximum Gasteiger partial charge on any atom is 0.410 e. The maximum absolute atomic E-state index is 12.6. The number of fused-ring (bicyclic) bond motifs is 2. The average molecular weight is 434 g/mol. The van der Waals surface area contributed by atoms with E-state index in [1.54, 1.807) is 6.07 Å². The first-order valence-electron chi connectivity index (χ1n) is 10.3. The quantitative estimate of drug-likeness (QED) is 0.618. The van der Waals surface area contributed by atoms with Crippen LogP contribution >= 0.6 is 11.6 Å². The van der Waals surface area contributed by atoms with Crippen molar-refractivity contribution < 1.29 is 9.53 Å². The Morgan fingerprint density at radius 1 is 1.20 bits per heavy atom. The molecule has 10 heteroatoms. The molecule has 30 heavy (non-hydrogen) atoms. The molecule has 0 spiro atoms. The van der Waals surface area contributed by atoms with Gasteiger partial charge in [-0.1, -0.05) is 11.6 Å². The zero-order valence-corrected chi connectivity index (χ0v) is 18.5. The molecule has 0 saturated carbocycles. The number of rotatable bonds is 4. The summed E-state index contributed by atoms with van der Waals surface area (Å²) < 4.78 is 5.61. The Bertz CT molecular complexity index is 912. The number of aromatic nitrogens is 4. The van der Waals surface area contributed by atoms with Crippen LogP contribution in [-0.4, -0.2) is 54.9 Å². The number of ether oxygens (including phenoxy) is 1. The van der Waals surface area contributed by atoms with Gasteiger partial charge in [-0.25, -0.2) is 9.78 Å². The van der Waals surface area contributed by atoms with E-state index in [1.165, 1.54) is 0 Å².